The second-order valence-corrected chi connectivity index (χ2v) is 8.03. The average molecular weight is 360 g/mol. The normalized spacial score (nSPS) is 24.3. The van der Waals surface area contributed by atoms with Crippen LogP contribution in [-0.2, 0) is 4.74 Å². The molecule has 1 aromatic carbocycles. The Kier molecular flexibility index (Phi) is 4.80. The lowest BCUT2D eigenvalue weighted by Gasteiger charge is -2.53. The molecule has 0 bridgehead atoms. The van der Waals surface area contributed by atoms with Crippen LogP contribution < -0.4 is 9.47 Å². The quantitative estimate of drug-likeness (QED) is 0.826. The zero-order chi connectivity index (χ0) is 18.1. The van der Waals surface area contributed by atoms with Crippen LogP contribution in [0.5, 0.6) is 11.5 Å². The molecule has 0 aliphatic carbocycles. The van der Waals surface area contributed by atoms with Gasteiger partial charge in [0.2, 0.25) is 0 Å². The van der Waals surface area contributed by atoms with Crippen LogP contribution in [-0.4, -0.2) is 74.9 Å². The molecule has 3 aliphatic rings. The summed E-state index contributed by atoms with van der Waals surface area (Å²) in [5.41, 5.74) is 0.537. The summed E-state index contributed by atoms with van der Waals surface area (Å²) in [5.74, 6) is 2.04. The van der Waals surface area contributed by atoms with E-state index in [4.69, 9.17) is 14.2 Å². The molecule has 1 aromatic rings. The molecule has 2 saturated heterocycles. The summed E-state index contributed by atoms with van der Waals surface area (Å²) in [4.78, 5) is 16.9. The predicted molar refractivity (Wildman–Crippen MR) is 97.9 cm³/mol. The van der Waals surface area contributed by atoms with E-state index in [-0.39, 0.29) is 11.5 Å². The fourth-order valence-electron chi connectivity index (χ4n) is 4.10. The van der Waals surface area contributed by atoms with Crippen LogP contribution in [0.1, 0.15) is 29.6 Å². The first-order valence-electron chi connectivity index (χ1n) is 9.52. The fraction of sp³-hybridized carbons (Fsp3) is 0.650. The Morgan fingerprint density at radius 1 is 1.23 bits per heavy atom. The van der Waals surface area contributed by atoms with Crippen LogP contribution in [0.2, 0.25) is 0 Å². The Balaban J connectivity index is 1.34. The van der Waals surface area contributed by atoms with Gasteiger partial charge in [-0.15, -0.1) is 0 Å². The SMILES string of the molecule is CN(C)CC1CCC2(CN(C(=O)c3ccc4c(c3)OCCCO4)C2)OC1. The van der Waals surface area contributed by atoms with E-state index in [2.05, 4.69) is 19.0 Å². The molecule has 3 heterocycles. The van der Waals surface area contributed by atoms with E-state index in [9.17, 15) is 4.79 Å². The van der Waals surface area contributed by atoms with E-state index in [0.717, 1.165) is 31.7 Å². The van der Waals surface area contributed by atoms with Crippen molar-refractivity contribution in [3.63, 3.8) is 0 Å². The van der Waals surface area contributed by atoms with Crippen LogP contribution in [0, 0.1) is 5.92 Å². The number of carbonyl (C=O) groups is 1. The molecule has 6 nitrogen and oxygen atoms in total. The topological polar surface area (TPSA) is 51.2 Å². The number of rotatable bonds is 3. The monoisotopic (exact) mass is 360 g/mol. The van der Waals surface area contributed by atoms with Crippen molar-refractivity contribution in [1.82, 2.24) is 9.80 Å². The van der Waals surface area contributed by atoms with Gasteiger partial charge in [-0.1, -0.05) is 0 Å². The number of ether oxygens (including phenoxy) is 3. The number of fused-ring (bicyclic) bond motifs is 1. The summed E-state index contributed by atoms with van der Waals surface area (Å²) in [6.07, 6.45) is 3.07. The Bertz CT molecular complexity index is 660. The van der Waals surface area contributed by atoms with Gasteiger partial charge in [-0.05, 0) is 51.1 Å². The van der Waals surface area contributed by atoms with Gasteiger partial charge in [-0.2, -0.15) is 0 Å². The molecular formula is C20H28N2O4. The number of carbonyl (C=O) groups excluding carboxylic acids is 1. The van der Waals surface area contributed by atoms with E-state index in [1.54, 1.807) is 0 Å². The lowest BCUT2D eigenvalue weighted by Crippen LogP contribution is -2.66. The molecule has 3 aliphatic heterocycles. The van der Waals surface area contributed by atoms with Crippen LogP contribution in [0.3, 0.4) is 0 Å². The van der Waals surface area contributed by atoms with Crippen molar-refractivity contribution in [1.29, 1.82) is 0 Å². The predicted octanol–water partition coefficient (Wildman–Crippen LogP) is 2.03. The van der Waals surface area contributed by atoms with E-state index in [1.165, 1.54) is 6.42 Å². The number of hydrogen-bond donors (Lipinski definition) is 0. The highest BCUT2D eigenvalue weighted by atomic mass is 16.5. The molecule has 1 unspecified atom stereocenters. The van der Waals surface area contributed by atoms with Gasteiger partial charge in [0.25, 0.3) is 5.91 Å². The minimum Gasteiger partial charge on any atom is -0.490 e. The fourth-order valence-corrected chi connectivity index (χ4v) is 4.10. The number of hydrogen-bond acceptors (Lipinski definition) is 5. The Morgan fingerprint density at radius 3 is 2.69 bits per heavy atom. The molecule has 1 spiro atoms. The third-order valence-corrected chi connectivity index (χ3v) is 5.50. The minimum atomic E-state index is -0.121. The number of benzene rings is 1. The molecule has 0 saturated carbocycles. The zero-order valence-corrected chi connectivity index (χ0v) is 15.7. The maximum Gasteiger partial charge on any atom is 0.254 e. The van der Waals surface area contributed by atoms with E-state index in [1.807, 2.05) is 23.1 Å². The molecule has 4 rings (SSSR count). The summed E-state index contributed by atoms with van der Waals surface area (Å²) in [6.45, 7) is 4.52. The van der Waals surface area contributed by atoms with Gasteiger partial charge in [0.1, 0.15) is 5.60 Å². The smallest absolute Gasteiger partial charge is 0.254 e. The van der Waals surface area contributed by atoms with Crippen LogP contribution >= 0.6 is 0 Å². The second kappa shape index (κ2) is 7.08. The van der Waals surface area contributed by atoms with Crippen molar-refractivity contribution in [3.8, 4) is 11.5 Å². The molecule has 142 valence electrons. The van der Waals surface area contributed by atoms with Gasteiger partial charge in [-0.25, -0.2) is 0 Å². The highest BCUT2D eigenvalue weighted by Gasteiger charge is 2.48. The summed E-state index contributed by atoms with van der Waals surface area (Å²) >= 11 is 0. The van der Waals surface area contributed by atoms with Gasteiger partial charge in [0, 0.05) is 18.5 Å². The maximum absolute atomic E-state index is 12.8. The van der Waals surface area contributed by atoms with Crippen LogP contribution in [0.25, 0.3) is 0 Å². The Morgan fingerprint density at radius 2 is 2.00 bits per heavy atom. The summed E-state index contributed by atoms with van der Waals surface area (Å²) in [7, 11) is 4.20. The first-order valence-corrected chi connectivity index (χ1v) is 9.52. The first kappa shape index (κ1) is 17.6. The highest BCUT2D eigenvalue weighted by molar-refractivity contribution is 5.95. The molecule has 6 heteroatoms. The van der Waals surface area contributed by atoms with Gasteiger partial charge < -0.3 is 24.0 Å². The van der Waals surface area contributed by atoms with Gasteiger partial charge in [0.15, 0.2) is 11.5 Å². The standard InChI is InChI=1S/C20H28N2O4/c1-21(2)11-15-6-7-20(26-12-15)13-22(14-20)19(23)16-4-5-17-18(10-16)25-9-3-8-24-17/h4-5,10,15H,3,6-9,11-14H2,1-2H3. The van der Waals surface area contributed by atoms with Crippen molar-refractivity contribution in [2.45, 2.75) is 24.9 Å². The summed E-state index contributed by atoms with van der Waals surface area (Å²) in [6, 6.07) is 5.48. The van der Waals surface area contributed by atoms with Gasteiger partial charge in [0.05, 0.1) is 32.9 Å². The maximum atomic E-state index is 12.8. The van der Waals surface area contributed by atoms with Crippen molar-refractivity contribution < 1.29 is 19.0 Å². The molecule has 26 heavy (non-hydrogen) atoms. The lowest BCUT2D eigenvalue weighted by atomic mass is 9.82. The van der Waals surface area contributed by atoms with Gasteiger partial charge >= 0.3 is 0 Å². The van der Waals surface area contributed by atoms with Crippen molar-refractivity contribution in [3.05, 3.63) is 23.8 Å². The highest BCUT2D eigenvalue weighted by Crippen LogP contribution is 2.37. The molecule has 2 fully saturated rings. The number of likely N-dealkylation sites (tertiary alicyclic amines) is 1. The largest absolute Gasteiger partial charge is 0.490 e. The zero-order valence-electron chi connectivity index (χ0n) is 15.7. The van der Waals surface area contributed by atoms with Crippen LogP contribution in [0.4, 0.5) is 0 Å². The number of amides is 1. The molecular weight excluding hydrogens is 332 g/mol. The summed E-state index contributed by atoms with van der Waals surface area (Å²) < 4.78 is 17.5. The van der Waals surface area contributed by atoms with E-state index < -0.39 is 0 Å². The lowest BCUT2D eigenvalue weighted by molar-refractivity contribution is -0.168. The number of nitrogens with zero attached hydrogens (tertiary/aromatic N) is 2. The minimum absolute atomic E-state index is 0.0466. The average Bonchev–Trinajstić information content (AvgIpc) is 2.84. The second-order valence-electron chi connectivity index (χ2n) is 8.03. The van der Waals surface area contributed by atoms with E-state index >= 15 is 0 Å². The van der Waals surface area contributed by atoms with Crippen molar-refractivity contribution >= 4 is 5.91 Å². The molecule has 0 N–H and O–H groups in total. The molecule has 0 aromatic heterocycles. The molecule has 0 radical (unpaired) electrons. The summed E-state index contributed by atoms with van der Waals surface area (Å²) in [5, 5.41) is 0. The van der Waals surface area contributed by atoms with Gasteiger partial charge in [-0.3, -0.25) is 4.79 Å². The van der Waals surface area contributed by atoms with E-state index in [0.29, 0.717) is 43.5 Å². The van der Waals surface area contributed by atoms with Crippen LogP contribution in [0.15, 0.2) is 18.2 Å². The first-order chi connectivity index (χ1) is 12.5. The Hall–Kier alpha value is -1.79. The van der Waals surface area contributed by atoms with Crippen molar-refractivity contribution in [2.75, 3.05) is 53.6 Å². The molecule has 1 atom stereocenters. The third kappa shape index (κ3) is 3.53. The Labute approximate surface area is 155 Å². The van der Waals surface area contributed by atoms with Crippen molar-refractivity contribution in [2.24, 2.45) is 5.92 Å². The third-order valence-electron chi connectivity index (χ3n) is 5.50. The molecule has 1 amide bonds.